The van der Waals surface area contributed by atoms with E-state index in [1.54, 1.807) is 19.9 Å². The number of carbonyl (C=O) groups is 2. The van der Waals surface area contributed by atoms with Crippen LogP contribution in [0.3, 0.4) is 0 Å². The number of rotatable bonds is 4. The van der Waals surface area contributed by atoms with Crippen LogP contribution in [0.15, 0.2) is 35.2 Å². The van der Waals surface area contributed by atoms with Crippen molar-refractivity contribution in [2.75, 3.05) is 23.7 Å². The monoisotopic (exact) mass is 471 g/mol. The maximum Gasteiger partial charge on any atom is 0.265 e. The number of amides is 2. The molecule has 1 atom stereocenters. The quantitative estimate of drug-likeness (QED) is 0.711. The van der Waals surface area contributed by atoms with Gasteiger partial charge in [-0.3, -0.25) is 9.59 Å². The van der Waals surface area contributed by atoms with E-state index in [-0.39, 0.29) is 35.7 Å². The molecule has 176 valence electrons. The number of nitrogens with one attached hydrogen (secondary N) is 2. The number of ether oxygens (including phenoxy) is 1. The van der Waals surface area contributed by atoms with Gasteiger partial charge in [0, 0.05) is 30.8 Å². The fraction of sp³-hybridized carbons (Fsp3) is 0.417. The molecule has 0 aliphatic carbocycles. The summed E-state index contributed by atoms with van der Waals surface area (Å²) in [5.41, 5.74) is 3.91. The molecule has 8 nitrogen and oxygen atoms in total. The predicted molar refractivity (Wildman–Crippen MR) is 126 cm³/mol. The molecule has 2 aliphatic rings. The van der Waals surface area contributed by atoms with Gasteiger partial charge in [0.1, 0.15) is 5.75 Å². The lowest BCUT2D eigenvalue weighted by atomic mass is 9.97. The molecule has 1 saturated heterocycles. The molecule has 2 heterocycles. The molecule has 0 bridgehead atoms. The van der Waals surface area contributed by atoms with Crippen molar-refractivity contribution in [3.05, 3.63) is 47.0 Å². The lowest BCUT2D eigenvalue weighted by molar-refractivity contribution is -0.123. The summed E-state index contributed by atoms with van der Waals surface area (Å²) < 4.78 is 33.8. The van der Waals surface area contributed by atoms with Crippen molar-refractivity contribution < 1.29 is 22.7 Å². The van der Waals surface area contributed by atoms with Crippen molar-refractivity contribution >= 4 is 33.2 Å². The maximum absolute atomic E-state index is 13.4. The van der Waals surface area contributed by atoms with E-state index in [9.17, 15) is 18.0 Å². The number of aryl methyl sites for hydroxylation is 3. The number of carbonyl (C=O) groups excluding carboxylic acids is 2. The third kappa shape index (κ3) is 4.60. The maximum atomic E-state index is 13.4. The molecular weight excluding hydrogens is 442 g/mol. The Hall–Kier alpha value is -2.91. The normalized spacial score (nSPS) is 19.4. The molecule has 33 heavy (non-hydrogen) atoms. The van der Waals surface area contributed by atoms with E-state index in [0.717, 1.165) is 16.8 Å². The standard InChI is InChI=1S/C24H29N3O5S/c1-14-5-6-19(15(2)11-14)25-24(29)18-7-9-27(10-8-18)33(30,31)22-13-21-20(12-16(22)3)26-23(28)17(4)32-21/h5-6,11-13,17-18H,7-10H2,1-4H3,(H,25,29)(H,26,28). The van der Waals surface area contributed by atoms with Crippen LogP contribution in [0.4, 0.5) is 11.4 Å². The number of piperidine rings is 1. The van der Waals surface area contributed by atoms with Crippen LogP contribution < -0.4 is 15.4 Å². The van der Waals surface area contributed by atoms with Crippen molar-refractivity contribution in [2.45, 2.75) is 51.5 Å². The van der Waals surface area contributed by atoms with Crippen LogP contribution in [0.25, 0.3) is 0 Å². The highest BCUT2D eigenvalue weighted by atomic mass is 32.2. The first-order valence-electron chi connectivity index (χ1n) is 11.1. The number of fused-ring (bicyclic) bond motifs is 1. The highest BCUT2D eigenvalue weighted by Gasteiger charge is 2.34. The second-order valence-corrected chi connectivity index (χ2v) is 10.8. The number of hydrogen-bond donors (Lipinski definition) is 2. The van der Waals surface area contributed by atoms with Crippen molar-refractivity contribution in [1.29, 1.82) is 0 Å². The van der Waals surface area contributed by atoms with Gasteiger partial charge in [-0.1, -0.05) is 17.7 Å². The zero-order chi connectivity index (χ0) is 23.9. The minimum absolute atomic E-state index is 0.0814. The number of benzene rings is 2. The zero-order valence-electron chi connectivity index (χ0n) is 19.3. The first-order valence-corrected chi connectivity index (χ1v) is 12.5. The summed E-state index contributed by atoms with van der Waals surface area (Å²) in [5.74, 6) is -0.254. The average Bonchev–Trinajstić information content (AvgIpc) is 2.76. The van der Waals surface area contributed by atoms with E-state index in [4.69, 9.17) is 4.74 Å². The topological polar surface area (TPSA) is 105 Å². The smallest absolute Gasteiger partial charge is 0.265 e. The van der Waals surface area contributed by atoms with Gasteiger partial charge in [0.25, 0.3) is 5.91 Å². The van der Waals surface area contributed by atoms with Crippen LogP contribution in [0.2, 0.25) is 0 Å². The molecule has 2 N–H and O–H groups in total. The Morgan fingerprint density at radius 1 is 1.09 bits per heavy atom. The molecule has 0 spiro atoms. The Morgan fingerprint density at radius 2 is 1.79 bits per heavy atom. The summed E-state index contributed by atoms with van der Waals surface area (Å²) in [7, 11) is -3.77. The minimum Gasteiger partial charge on any atom is -0.479 e. The highest BCUT2D eigenvalue weighted by molar-refractivity contribution is 7.89. The van der Waals surface area contributed by atoms with E-state index in [2.05, 4.69) is 10.6 Å². The SMILES string of the molecule is Cc1ccc(NC(=O)C2CCN(S(=O)(=O)c3cc4c(cc3C)NC(=O)C(C)O4)CC2)c(C)c1. The Kier molecular flexibility index (Phi) is 6.20. The molecule has 0 radical (unpaired) electrons. The van der Waals surface area contributed by atoms with Crippen LogP contribution in [0, 0.1) is 26.7 Å². The number of hydrogen-bond acceptors (Lipinski definition) is 5. The fourth-order valence-corrected chi connectivity index (χ4v) is 6.00. The van der Waals surface area contributed by atoms with Gasteiger partial charge in [-0.05, 0) is 63.8 Å². The van der Waals surface area contributed by atoms with Crippen LogP contribution in [-0.2, 0) is 19.6 Å². The molecule has 1 unspecified atom stereocenters. The Labute approximate surface area is 194 Å². The first-order chi connectivity index (χ1) is 15.6. The predicted octanol–water partition coefficient (Wildman–Crippen LogP) is 3.37. The number of anilines is 2. The molecule has 0 saturated carbocycles. The summed E-state index contributed by atoms with van der Waals surface area (Å²) in [6.07, 6.45) is 0.204. The van der Waals surface area contributed by atoms with Gasteiger partial charge in [0.05, 0.1) is 10.6 Å². The van der Waals surface area contributed by atoms with Crippen LogP contribution in [0.1, 0.15) is 36.5 Å². The molecule has 2 amide bonds. The average molecular weight is 472 g/mol. The summed E-state index contributed by atoms with van der Waals surface area (Å²) >= 11 is 0. The van der Waals surface area contributed by atoms with E-state index < -0.39 is 16.1 Å². The summed E-state index contributed by atoms with van der Waals surface area (Å²) in [5, 5.41) is 5.72. The van der Waals surface area contributed by atoms with Crippen molar-refractivity contribution in [3.63, 3.8) is 0 Å². The molecule has 1 fully saturated rings. The number of nitrogens with zero attached hydrogens (tertiary/aromatic N) is 1. The Bertz CT molecular complexity index is 1220. The van der Waals surface area contributed by atoms with Crippen molar-refractivity contribution in [2.24, 2.45) is 5.92 Å². The lowest BCUT2D eigenvalue weighted by Crippen LogP contribution is -2.41. The zero-order valence-corrected chi connectivity index (χ0v) is 20.1. The summed E-state index contributed by atoms with van der Waals surface area (Å²) in [6, 6.07) is 8.97. The van der Waals surface area contributed by atoms with Gasteiger partial charge < -0.3 is 15.4 Å². The molecule has 4 rings (SSSR count). The number of sulfonamides is 1. The van der Waals surface area contributed by atoms with Crippen LogP contribution in [-0.4, -0.2) is 43.7 Å². The minimum atomic E-state index is -3.77. The Morgan fingerprint density at radius 3 is 2.45 bits per heavy atom. The Balaban J connectivity index is 1.45. The van der Waals surface area contributed by atoms with Crippen molar-refractivity contribution in [1.82, 2.24) is 4.31 Å². The van der Waals surface area contributed by atoms with Gasteiger partial charge in [-0.25, -0.2) is 8.42 Å². The fourth-order valence-electron chi connectivity index (χ4n) is 4.31. The van der Waals surface area contributed by atoms with E-state index >= 15 is 0 Å². The van der Waals surface area contributed by atoms with Crippen LogP contribution >= 0.6 is 0 Å². The van der Waals surface area contributed by atoms with E-state index in [1.165, 1.54) is 10.4 Å². The third-order valence-corrected chi connectivity index (χ3v) is 8.33. The van der Waals surface area contributed by atoms with Gasteiger partial charge in [0.15, 0.2) is 6.10 Å². The largest absolute Gasteiger partial charge is 0.479 e. The summed E-state index contributed by atoms with van der Waals surface area (Å²) in [6.45, 7) is 7.79. The molecule has 2 aromatic rings. The van der Waals surface area contributed by atoms with Gasteiger partial charge in [0.2, 0.25) is 15.9 Å². The van der Waals surface area contributed by atoms with E-state index in [0.29, 0.717) is 29.8 Å². The highest BCUT2D eigenvalue weighted by Crippen LogP contribution is 2.36. The molecule has 2 aliphatic heterocycles. The van der Waals surface area contributed by atoms with Gasteiger partial charge in [-0.2, -0.15) is 4.31 Å². The first kappa shape index (κ1) is 23.3. The second kappa shape index (κ2) is 8.79. The summed E-state index contributed by atoms with van der Waals surface area (Å²) in [4.78, 5) is 24.8. The molecule has 0 aromatic heterocycles. The van der Waals surface area contributed by atoms with Crippen molar-refractivity contribution in [3.8, 4) is 5.75 Å². The van der Waals surface area contributed by atoms with Gasteiger partial charge >= 0.3 is 0 Å². The van der Waals surface area contributed by atoms with E-state index in [1.807, 2.05) is 32.0 Å². The second-order valence-electron chi connectivity index (χ2n) is 8.85. The molecular formula is C24H29N3O5S. The van der Waals surface area contributed by atoms with Gasteiger partial charge in [-0.15, -0.1) is 0 Å². The molecule has 2 aromatic carbocycles. The molecule has 9 heteroatoms. The lowest BCUT2D eigenvalue weighted by Gasteiger charge is -2.31. The third-order valence-electron chi connectivity index (χ3n) is 6.29. The van der Waals surface area contributed by atoms with Crippen LogP contribution in [0.5, 0.6) is 5.75 Å².